The number of amides is 2. The van der Waals surface area contributed by atoms with Crippen molar-refractivity contribution in [3.63, 3.8) is 0 Å². The van der Waals surface area contributed by atoms with E-state index in [0.29, 0.717) is 6.54 Å². The molecule has 0 fully saturated rings. The molecule has 94 valence electrons. The van der Waals surface area contributed by atoms with Crippen LogP contribution in [0.5, 0.6) is 0 Å². The normalized spacial score (nSPS) is 10.1. The van der Waals surface area contributed by atoms with Gasteiger partial charge >= 0.3 is 6.03 Å². The third kappa shape index (κ3) is 4.80. The Morgan fingerprint density at radius 3 is 2.76 bits per heavy atom. The van der Waals surface area contributed by atoms with Gasteiger partial charge in [-0.3, -0.25) is 0 Å². The Labute approximate surface area is 99.2 Å². The van der Waals surface area contributed by atoms with Gasteiger partial charge in [0.25, 0.3) is 0 Å². The summed E-state index contributed by atoms with van der Waals surface area (Å²) in [6.07, 6.45) is 2.95. The zero-order valence-corrected chi connectivity index (χ0v) is 9.72. The van der Waals surface area contributed by atoms with Crippen LogP contribution in [0.2, 0.25) is 0 Å². The summed E-state index contributed by atoms with van der Waals surface area (Å²) in [6.45, 7) is 2.58. The zero-order chi connectivity index (χ0) is 12.7. The van der Waals surface area contributed by atoms with E-state index < -0.39 is 17.7 Å². The third-order valence-electron chi connectivity index (χ3n) is 2.24. The van der Waals surface area contributed by atoms with Gasteiger partial charge in [-0.1, -0.05) is 19.8 Å². The molecule has 1 aromatic carbocycles. The van der Waals surface area contributed by atoms with Crippen LogP contribution in [0.3, 0.4) is 0 Å². The predicted octanol–water partition coefficient (Wildman–Crippen LogP) is 3.28. The summed E-state index contributed by atoms with van der Waals surface area (Å²) in [5.41, 5.74) is -0.155. The second kappa shape index (κ2) is 6.83. The fourth-order valence-electron chi connectivity index (χ4n) is 1.34. The molecule has 1 rings (SSSR count). The summed E-state index contributed by atoms with van der Waals surface area (Å²) in [5, 5.41) is 4.84. The van der Waals surface area contributed by atoms with Crippen molar-refractivity contribution in [2.75, 3.05) is 11.9 Å². The van der Waals surface area contributed by atoms with Gasteiger partial charge in [-0.25, -0.2) is 13.6 Å². The van der Waals surface area contributed by atoms with Gasteiger partial charge in [0, 0.05) is 12.6 Å². The molecule has 0 radical (unpaired) electrons. The second-order valence-electron chi connectivity index (χ2n) is 3.71. The molecule has 0 saturated carbocycles. The zero-order valence-electron chi connectivity index (χ0n) is 9.72. The van der Waals surface area contributed by atoms with Gasteiger partial charge in [0.15, 0.2) is 0 Å². The van der Waals surface area contributed by atoms with Crippen LogP contribution in [0.1, 0.15) is 26.2 Å². The van der Waals surface area contributed by atoms with E-state index in [1.54, 1.807) is 0 Å². The number of hydrogen-bond donors (Lipinski definition) is 2. The summed E-state index contributed by atoms with van der Waals surface area (Å²) in [4.78, 5) is 11.3. The lowest BCUT2D eigenvalue weighted by Crippen LogP contribution is -2.29. The number of urea groups is 1. The minimum absolute atomic E-state index is 0.155. The average Bonchev–Trinajstić information content (AvgIpc) is 2.29. The Kier molecular flexibility index (Phi) is 5.39. The van der Waals surface area contributed by atoms with Crippen LogP contribution in [0.15, 0.2) is 18.2 Å². The molecule has 0 atom stereocenters. The topological polar surface area (TPSA) is 41.1 Å². The lowest BCUT2D eigenvalue weighted by atomic mass is 10.2. The highest BCUT2D eigenvalue weighted by atomic mass is 19.1. The molecule has 1 aromatic rings. The summed E-state index contributed by atoms with van der Waals surface area (Å²) in [7, 11) is 0. The van der Waals surface area contributed by atoms with Crippen LogP contribution in [-0.4, -0.2) is 12.6 Å². The molecule has 5 heteroatoms. The van der Waals surface area contributed by atoms with Crippen molar-refractivity contribution in [1.82, 2.24) is 5.32 Å². The van der Waals surface area contributed by atoms with E-state index in [9.17, 15) is 13.6 Å². The van der Waals surface area contributed by atoms with E-state index in [2.05, 4.69) is 17.6 Å². The first-order chi connectivity index (χ1) is 8.13. The lowest BCUT2D eigenvalue weighted by molar-refractivity contribution is 0.252. The largest absolute Gasteiger partial charge is 0.338 e. The standard InChI is InChI=1S/C12H16F2N2O/c1-2-3-4-7-15-12(17)16-11-8-9(13)5-6-10(11)14/h5-6,8H,2-4,7H2,1H3,(H2,15,16,17). The number of carbonyl (C=O) groups excluding carboxylic acids is 1. The average molecular weight is 242 g/mol. The maximum atomic E-state index is 13.2. The number of rotatable bonds is 5. The van der Waals surface area contributed by atoms with Crippen molar-refractivity contribution in [2.24, 2.45) is 0 Å². The molecule has 0 unspecified atom stereocenters. The first-order valence-corrected chi connectivity index (χ1v) is 5.63. The maximum absolute atomic E-state index is 13.2. The fourth-order valence-corrected chi connectivity index (χ4v) is 1.34. The SMILES string of the molecule is CCCCCNC(=O)Nc1cc(F)ccc1F. The number of unbranched alkanes of at least 4 members (excludes halogenated alkanes) is 2. The van der Waals surface area contributed by atoms with Crippen molar-refractivity contribution in [3.05, 3.63) is 29.8 Å². The van der Waals surface area contributed by atoms with Gasteiger partial charge in [-0.15, -0.1) is 0 Å². The molecule has 0 aliphatic rings. The molecule has 17 heavy (non-hydrogen) atoms. The lowest BCUT2D eigenvalue weighted by Gasteiger charge is -2.08. The second-order valence-corrected chi connectivity index (χ2v) is 3.71. The summed E-state index contributed by atoms with van der Waals surface area (Å²) in [5.74, 6) is -1.25. The quantitative estimate of drug-likeness (QED) is 0.764. The first kappa shape index (κ1) is 13.4. The number of hydrogen-bond acceptors (Lipinski definition) is 1. The van der Waals surface area contributed by atoms with Crippen LogP contribution >= 0.6 is 0 Å². The van der Waals surface area contributed by atoms with Crippen LogP contribution in [-0.2, 0) is 0 Å². The minimum Gasteiger partial charge on any atom is -0.338 e. The van der Waals surface area contributed by atoms with Gasteiger partial charge < -0.3 is 10.6 Å². The molecule has 2 N–H and O–H groups in total. The Morgan fingerprint density at radius 1 is 1.29 bits per heavy atom. The molecule has 0 aromatic heterocycles. The molecule has 3 nitrogen and oxygen atoms in total. The molecule has 2 amide bonds. The summed E-state index contributed by atoms with van der Waals surface area (Å²) < 4.78 is 26.0. The first-order valence-electron chi connectivity index (χ1n) is 5.63. The van der Waals surface area contributed by atoms with E-state index >= 15 is 0 Å². The molecular weight excluding hydrogens is 226 g/mol. The van der Waals surface area contributed by atoms with E-state index in [1.807, 2.05) is 0 Å². The molecule has 0 aliphatic carbocycles. The summed E-state index contributed by atoms with van der Waals surface area (Å²) >= 11 is 0. The van der Waals surface area contributed by atoms with Crippen LogP contribution in [0, 0.1) is 11.6 Å². The Balaban J connectivity index is 2.42. The van der Waals surface area contributed by atoms with Gasteiger partial charge in [-0.05, 0) is 18.6 Å². The minimum atomic E-state index is -0.657. The monoisotopic (exact) mass is 242 g/mol. The predicted molar refractivity (Wildman–Crippen MR) is 62.9 cm³/mol. The number of nitrogens with one attached hydrogen (secondary N) is 2. The highest BCUT2D eigenvalue weighted by Gasteiger charge is 2.07. The number of benzene rings is 1. The van der Waals surface area contributed by atoms with Crippen LogP contribution in [0.4, 0.5) is 19.3 Å². The molecular formula is C12H16F2N2O. The fraction of sp³-hybridized carbons (Fsp3) is 0.417. The molecule has 0 heterocycles. The van der Waals surface area contributed by atoms with Crippen molar-refractivity contribution in [3.8, 4) is 0 Å². The van der Waals surface area contributed by atoms with E-state index in [-0.39, 0.29) is 5.69 Å². The third-order valence-corrected chi connectivity index (χ3v) is 2.24. The molecule has 0 aliphatic heterocycles. The van der Waals surface area contributed by atoms with E-state index in [0.717, 1.165) is 37.5 Å². The maximum Gasteiger partial charge on any atom is 0.319 e. The van der Waals surface area contributed by atoms with Crippen molar-refractivity contribution >= 4 is 11.7 Å². The Hall–Kier alpha value is -1.65. The van der Waals surface area contributed by atoms with Gasteiger partial charge in [0.2, 0.25) is 0 Å². The summed E-state index contributed by atoms with van der Waals surface area (Å²) in [6, 6.07) is 2.40. The highest BCUT2D eigenvalue weighted by molar-refractivity contribution is 5.89. The van der Waals surface area contributed by atoms with Crippen molar-refractivity contribution < 1.29 is 13.6 Å². The number of anilines is 1. The number of carbonyl (C=O) groups is 1. The smallest absolute Gasteiger partial charge is 0.319 e. The van der Waals surface area contributed by atoms with Crippen LogP contribution in [0.25, 0.3) is 0 Å². The number of halogens is 2. The van der Waals surface area contributed by atoms with E-state index in [4.69, 9.17) is 0 Å². The molecule has 0 saturated heterocycles. The van der Waals surface area contributed by atoms with Crippen LogP contribution < -0.4 is 10.6 Å². The molecule has 0 spiro atoms. The van der Waals surface area contributed by atoms with Gasteiger partial charge in [0.05, 0.1) is 5.69 Å². The van der Waals surface area contributed by atoms with Gasteiger partial charge in [0.1, 0.15) is 11.6 Å². The van der Waals surface area contributed by atoms with Crippen molar-refractivity contribution in [1.29, 1.82) is 0 Å². The Morgan fingerprint density at radius 2 is 2.06 bits per heavy atom. The van der Waals surface area contributed by atoms with Gasteiger partial charge in [-0.2, -0.15) is 0 Å². The Bertz CT molecular complexity index is 383. The van der Waals surface area contributed by atoms with E-state index in [1.165, 1.54) is 0 Å². The highest BCUT2D eigenvalue weighted by Crippen LogP contribution is 2.14. The molecule has 0 bridgehead atoms. The van der Waals surface area contributed by atoms with Crippen molar-refractivity contribution in [2.45, 2.75) is 26.2 Å².